The van der Waals surface area contributed by atoms with Crippen LogP contribution in [0.5, 0.6) is 0 Å². The van der Waals surface area contributed by atoms with Crippen molar-refractivity contribution in [2.75, 3.05) is 13.2 Å². The molecule has 3 nitrogen and oxygen atoms in total. The van der Waals surface area contributed by atoms with E-state index in [-0.39, 0.29) is 17.0 Å². The van der Waals surface area contributed by atoms with Crippen LogP contribution in [0.1, 0.15) is 35.7 Å². The SMILES string of the molecule is O=C(CCc1ccc(F)c(Cl)c1)N[C@H](c1cccs1)C1CCOCC1. The molecule has 1 aromatic carbocycles. The van der Waals surface area contributed by atoms with Crippen LogP contribution < -0.4 is 5.32 Å². The van der Waals surface area contributed by atoms with Crippen molar-refractivity contribution >= 4 is 28.8 Å². The number of nitrogens with one attached hydrogen (secondary N) is 1. The molecule has 0 aliphatic carbocycles. The van der Waals surface area contributed by atoms with Gasteiger partial charge in [-0.1, -0.05) is 23.7 Å². The van der Waals surface area contributed by atoms with Gasteiger partial charge in [-0.05, 0) is 54.3 Å². The third-order valence-electron chi connectivity index (χ3n) is 4.53. The smallest absolute Gasteiger partial charge is 0.220 e. The summed E-state index contributed by atoms with van der Waals surface area (Å²) in [4.78, 5) is 13.7. The molecular formula is C19H21ClFNO2S. The Kier molecular flexibility index (Phi) is 6.45. The van der Waals surface area contributed by atoms with Crippen molar-refractivity contribution in [3.05, 3.63) is 57.0 Å². The standard InChI is InChI=1S/C19H21ClFNO2S/c20-15-12-13(3-5-16(15)21)4-6-18(23)22-19(17-2-1-11-25-17)14-7-9-24-10-8-14/h1-3,5,11-12,14,19H,4,6-10H2,(H,22,23)/t19-/m0/s1. The molecule has 1 aliphatic rings. The highest BCUT2D eigenvalue weighted by Gasteiger charge is 2.27. The molecule has 2 aromatic rings. The van der Waals surface area contributed by atoms with Crippen LogP contribution in [0.2, 0.25) is 5.02 Å². The number of halogens is 2. The van der Waals surface area contributed by atoms with Gasteiger partial charge < -0.3 is 10.1 Å². The molecular weight excluding hydrogens is 361 g/mol. The number of hydrogen-bond acceptors (Lipinski definition) is 3. The van der Waals surface area contributed by atoms with Crippen LogP contribution in [0.15, 0.2) is 35.7 Å². The van der Waals surface area contributed by atoms with E-state index in [0.29, 0.717) is 18.8 Å². The molecule has 134 valence electrons. The maximum Gasteiger partial charge on any atom is 0.220 e. The van der Waals surface area contributed by atoms with E-state index in [4.69, 9.17) is 16.3 Å². The molecule has 1 aliphatic heterocycles. The summed E-state index contributed by atoms with van der Waals surface area (Å²) in [6, 6.07) is 8.71. The Morgan fingerprint density at radius 2 is 2.16 bits per heavy atom. The van der Waals surface area contributed by atoms with Crippen LogP contribution in [-0.2, 0) is 16.0 Å². The Hall–Kier alpha value is -1.43. The summed E-state index contributed by atoms with van der Waals surface area (Å²) in [6.45, 7) is 1.49. The summed E-state index contributed by atoms with van der Waals surface area (Å²) in [5, 5.41) is 5.32. The second-order valence-electron chi connectivity index (χ2n) is 6.26. The fourth-order valence-corrected chi connectivity index (χ4v) is 4.21. The normalized spacial score (nSPS) is 16.6. The molecule has 0 radical (unpaired) electrons. The Labute approximate surface area is 156 Å². The Morgan fingerprint density at radius 3 is 2.84 bits per heavy atom. The van der Waals surface area contributed by atoms with Crippen molar-refractivity contribution in [3.63, 3.8) is 0 Å². The largest absolute Gasteiger partial charge is 0.381 e. The first-order valence-corrected chi connectivity index (χ1v) is 9.73. The molecule has 1 saturated heterocycles. The van der Waals surface area contributed by atoms with Crippen LogP contribution in [0, 0.1) is 11.7 Å². The number of ether oxygens (including phenoxy) is 1. The fraction of sp³-hybridized carbons (Fsp3) is 0.421. The van der Waals surface area contributed by atoms with Crippen LogP contribution >= 0.6 is 22.9 Å². The van der Waals surface area contributed by atoms with E-state index in [9.17, 15) is 9.18 Å². The zero-order valence-corrected chi connectivity index (χ0v) is 15.4. The first-order valence-electron chi connectivity index (χ1n) is 8.48. The molecule has 25 heavy (non-hydrogen) atoms. The molecule has 0 saturated carbocycles. The number of hydrogen-bond donors (Lipinski definition) is 1. The van der Waals surface area contributed by atoms with Crippen molar-refractivity contribution in [2.24, 2.45) is 5.92 Å². The molecule has 1 fully saturated rings. The van der Waals surface area contributed by atoms with Gasteiger partial charge in [0, 0.05) is 24.5 Å². The lowest BCUT2D eigenvalue weighted by Crippen LogP contribution is -2.35. The predicted molar refractivity (Wildman–Crippen MR) is 98.5 cm³/mol. The number of thiophene rings is 1. The van der Waals surface area contributed by atoms with Crippen molar-refractivity contribution in [1.82, 2.24) is 5.32 Å². The molecule has 0 bridgehead atoms. The highest BCUT2D eigenvalue weighted by Crippen LogP contribution is 2.32. The Balaban J connectivity index is 1.60. The van der Waals surface area contributed by atoms with E-state index in [0.717, 1.165) is 31.6 Å². The Bertz CT molecular complexity index is 701. The van der Waals surface area contributed by atoms with Crippen molar-refractivity contribution in [1.29, 1.82) is 0 Å². The van der Waals surface area contributed by atoms with Gasteiger partial charge in [0.2, 0.25) is 5.91 Å². The third kappa shape index (κ3) is 5.03. The first-order chi connectivity index (χ1) is 12.1. The minimum atomic E-state index is -0.438. The molecule has 0 spiro atoms. The van der Waals surface area contributed by atoms with Crippen molar-refractivity contribution in [3.8, 4) is 0 Å². The van der Waals surface area contributed by atoms with Crippen molar-refractivity contribution in [2.45, 2.75) is 31.7 Å². The van der Waals surface area contributed by atoms with Gasteiger partial charge in [0.25, 0.3) is 0 Å². The van der Waals surface area contributed by atoms with Crippen LogP contribution in [0.25, 0.3) is 0 Å². The minimum absolute atomic E-state index is 0.00494. The summed E-state index contributed by atoms with van der Waals surface area (Å²) in [6.07, 6.45) is 2.80. The average molecular weight is 382 g/mol. The quantitative estimate of drug-likeness (QED) is 0.783. The number of amides is 1. The fourth-order valence-electron chi connectivity index (χ4n) is 3.14. The van der Waals surface area contributed by atoms with E-state index in [1.54, 1.807) is 23.5 Å². The maximum absolute atomic E-state index is 13.2. The lowest BCUT2D eigenvalue weighted by molar-refractivity contribution is -0.122. The number of carbonyl (C=O) groups is 1. The maximum atomic E-state index is 13.2. The van der Waals surface area contributed by atoms with Gasteiger partial charge in [0.05, 0.1) is 11.1 Å². The van der Waals surface area contributed by atoms with Gasteiger partial charge in [-0.25, -0.2) is 4.39 Å². The summed E-state index contributed by atoms with van der Waals surface area (Å²) in [5.41, 5.74) is 0.861. The summed E-state index contributed by atoms with van der Waals surface area (Å²) < 4.78 is 18.7. The monoisotopic (exact) mass is 381 g/mol. The van der Waals surface area contributed by atoms with Crippen LogP contribution in [0.4, 0.5) is 4.39 Å². The zero-order chi connectivity index (χ0) is 17.6. The van der Waals surface area contributed by atoms with Crippen molar-refractivity contribution < 1.29 is 13.9 Å². The molecule has 1 atom stereocenters. The average Bonchev–Trinajstić information content (AvgIpc) is 3.16. The highest BCUT2D eigenvalue weighted by atomic mass is 35.5. The first kappa shape index (κ1) is 18.4. The number of benzene rings is 1. The second kappa shape index (κ2) is 8.79. The summed E-state index contributed by atoms with van der Waals surface area (Å²) in [5.74, 6) is -0.0332. The highest BCUT2D eigenvalue weighted by molar-refractivity contribution is 7.10. The van der Waals surface area contributed by atoms with Gasteiger partial charge in [0.15, 0.2) is 0 Å². The predicted octanol–water partition coefficient (Wildman–Crippen LogP) is 4.76. The molecule has 1 amide bonds. The second-order valence-corrected chi connectivity index (χ2v) is 7.65. The van der Waals surface area contributed by atoms with Gasteiger partial charge in [0.1, 0.15) is 5.82 Å². The summed E-state index contributed by atoms with van der Waals surface area (Å²) in [7, 11) is 0. The molecule has 3 rings (SSSR count). The Morgan fingerprint density at radius 1 is 1.36 bits per heavy atom. The topological polar surface area (TPSA) is 38.3 Å². The van der Waals surface area contributed by atoms with Gasteiger partial charge in [-0.3, -0.25) is 4.79 Å². The van der Waals surface area contributed by atoms with E-state index in [2.05, 4.69) is 11.4 Å². The third-order valence-corrected chi connectivity index (χ3v) is 5.77. The van der Waals surface area contributed by atoms with E-state index in [1.807, 2.05) is 11.4 Å². The van der Waals surface area contributed by atoms with Gasteiger partial charge in [-0.15, -0.1) is 11.3 Å². The van der Waals surface area contributed by atoms with E-state index >= 15 is 0 Å². The molecule has 2 heterocycles. The van der Waals surface area contributed by atoms with E-state index in [1.165, 1.54) is 10.9 Å². The number of aryl methyl sites for hydroxylation is 1. The number of rotatable bonds is 6. The lowest BCUT2D eigenvalue weighted by Gasteiger charge is -2.30. The van der Waals surface area contributed by atoms with Gasteiger partial charge in [-0.2, -0.15) is 0 Å². The van der Waals surface area contributed by atoms with Gasteiger partial charge >= 0.3 is 0 Å². The molecule has 0 unspecified atom stereocenters. The van der Waals surface area contributed by atoms with Crippen LogP contribution in [0.3, 0.4) is 0 Å². The number of carbonyl (C=O) groups excluding carboxylic acids is 1. The molecule has 6 heteroatoms. The van der Waals surface area contributed by atoms with Crippen LogP contribution in [-0.4, -0.2) is 19.1 Å². The molecule has 1 N–H and O–H groups in total. The zero-order valence-electron chi connectivity index (χ0n) is 13.8. The summed E-state index contributed by atoms with van der Waals surface area (Å²) >= 11 is 7.47. The van der Waals surface area contributed by atoms with E-state index < -0.39 is 5.82 Å². The lowest BCUT2D eigenvalue weighted by atomic mass is 9.90. The molecule has 1 aromatic heterocycles. The minimum Gasteiger partial charge on any atom is -0.381 e.